The molecule has 3 heterocycles. The van der Waals surface area contributed by atoms with Crippen molar-refractivity contribution in [2.24, 2.45) is 0 Å². The molecule has 1 atom stereocenters. The molecular formula is C19H25N5O3. The van der Waals surface area contributed by atoms with E-state index in [2.05, 4.69) is 21.2 Å². The van der Waals surface area contributed by atoms with Crippen molar-refractivity contribution in [3.8, 4) is 5.75 Å². The second kappa shape index (κ2) is 7.46. The first-order valence-corrected chi connectivity index (χ1v) is 9.51. The molecule has 1 saturated heterocycles. The van der Waals surface area contributed by atoms with Crippen LogP contribution in [0.25, 0.3) is 0 Å². The standard InChI is InChI=1S/C19H25N5O3/c1-27-15-6-4-5-14(13-15)22-9-11-23(12-10-22)18(25)16-7-2-3-8-17-20-21-19(26)24(16)17/h4-6,13,16H,2-3,7-12H2,1H3,(H,21,26). The zero-order valence-corrected chi connectivity index (χ0v) is 15.6. The summed E-state index contributed by atoms with van der Waals surface area (Å²) in [6.07, 6.45) is 3.33. The molecule has 1 fully saturated rings. The number of nitrogens with one attached hydrogen (secondary N) is 1. The summed E-state index contributed by atoms with van der Waals surface area (Å²) in [6.45, 7) is 2.82. The van der Waals surface area contributed by atoms with Gasteiger partial charge in [-0.25, -0.2) is 9.89 Å². The third-order valence-corrected chi connectivity index (χ3v) is 5.51. The van der Waals surface area contributed by atoms with Gasteiger partial charge in [-0.15, -0.1) is 0 Å². The zero-order chi connectivity index (χ0) is 18.8. The molecule has 144 valence electrons. The molecule has 8 nitrogen and oxygen atoms in total. The predicted octanol–water partition coefficient (Wildman–Crippen LogP) is 1.20. The van der Waals surface area contributed by atoms with Gasteiger partial charge in [-0.1, -0.05) is 12.5 Å². The number of amides is 1. The minimum absolute atomic E-state index is 0.0342. The highest BCUT2D eigenvalue weighted by Gasteiger charge is 2.32. The first-order valence-electron chi connectivity index (χ1n) is 9.51. The SMILES string of the molecule is COc1cccc(N2CCN(C(=O)C3CCCCc4n[nH]c(=O)n43)CC2)c1. The third kappa shape index (κ3) is 3.43. The van der Waals surface area contributed by atoms with Crippen molar-refractivity contribution in [1.82, 2.24) is 19.7 Å². The summed E-state index contributed by atoms with van der Waals surface area (Å²) in [5.41, 5.74) is 0.824. The van der Waals surface area contributed by atoms with Crippen LogP contribution in [0.2, 0.25) is 0 Å². The summed E-state index contributed by atoms with van der Waals surface area (Å²) < 4.78 is 6.87. The monoisotopic (exact) mass is 371 g/mol. The van der Waals surface area contributed by atoms with E-state index in [0.29, 0.717) is 25.3 Å². The lowest BCUT2D eigenvalue weighted by molar-refractivity contribution is -0.135. The van der Waals surface area contributed by atoms with Gasteiger partial charge in [0.15, 0.2) is 0 Å². The number of aromatic amines is 1. The van der Waals surface area contributed by atoms with E-state index in [1.807, 2.05) is 23.1 Å². The number of aromatic nitrogens is 3. The van der Waals surface area contributed by atoms with Gasteiger partial charge in [0.1, 0.15) is 17.6 Å². The third-order valence-electron chi connectivity index (χ3n) is 5.51. The van der Waals surface area contributed by atoms with Crippen LogP contribution in [0, 0.1) is 0 Å². The molecule has 2 aliphatic rings. The molecule has 1 aromatic heterocycles. The number of hydrogen-bond donors (Lipinski definition) is 1. The quantitative estimate of drug-likeness (QED) is 0.876. The van der Waals surface area contributed by atoms with Gasteiger partial charge < -0.3 is 14.5 Å². The van der Waals surface area contributed by atoms with Crippen molar-refractivity contribution >= 4 is 11.6 Å². The highest BCUT2D eigenvalue weighted by molar-refractivity contribution is 5.81. The molecule has 2 aromatic rings. The van der Waals surface area contributed by atoms with Crippen LogP contribution in [0.15, 0.2) is 29.1 Å². The molecule has 4 rings (SSSR count). The number of nitrogens with zero attached hydrogens (tertiary/aromatic N) is 4. The van der Waals surface area contributed by atoms with Gasteiger partial charge in [0.2, 0.25) is 5.91 Å². The fourth-order valence-electron chi connectivity index (χ4n) is 4.02. The van der Waals surface area contributed by atoms with Crippen LogP contribution in [0.3, 0.4) is 0 Å². The number of benzene rings is 1. The molecule has 1 N–H and O–H groups in total. The average molecular weight is 371 g/mol. The van der Waals surface area contributed by atoms with E-state index in [1.165, 1.54) is 0 Å². The number of carbonyl (C=O) groups excluding carboxylic acids is 1. The van der Waals surface area contributed by atoms with E-state index in [4.69, 9.17) is 4.74 Å². The van der Waals surface area contributed by atoms with Crippen molar-refractivity contribution in [2.45, 2.75) is 31.7 Å². The Balaban J connectivity index is 1.46. The fourth-order valence-corrected chi connectivity index (χ4v) is 4.02. The van der Waals surface area contributed by atoms with Gasteiger partial charge in [0.25, 0.3) is 0 Å². The molecule has 0 radical (unpaired) electrons. The van der Waals surface area contributed by atoms with Gasteiger partial charge >= 0.3 is 5.69 Å². The molecule has 1 amide bonds. The lowest BCUT2D eigenvalue weighted by atomic mass is 10.1. The minimum atomic E-state index is -0.433. The molecule has 0 spiro atoms. The van der Waals surface area contributed by atoms with E-state index >= 15 is 0 Å². The van der Waals surface area contributed by atoms with Crippen molar-refractivity contribution in [3.63, 3.8) is 0 Å². The second-order valence-electron chi connectivity index (χ2n) is 7.09. The van der Waals surface area contributed by atoms with Gasteiger partial charge in [-0.2, -0.15) is 5.10 Å². The number of anilines is 1. The summed E-state index contributed by atoms with van der Waals surface area (Å²) in [6, 6.07) is 7.54. The van der Waals surface area contributed by atoms with Crippen molar-refractivity contribution in [2.75, 3.05) is 38.2 Å². The number of hydrogen-bond acceptors (Lipinski definition) is 5. The van der Waals surface area contributed by atoms with Crippen LogP contribution >= 0.6 is 0 Å². The van der Waals surface area contributed by atoms with E-state index in [9.17, 15) is 9.59 Å². The van der Waals surface area contributed by atoms with Gasteiger partial charge in [0, 0.05) is 44.4 Å². The highest BCUT2D eigenvalue weighted by Crippen LogP contribution is 2.25. The number of carbonyl (C=O) groups is 1. The Kier molecular flexibility index (Phi) is 4.87. The summed E-state index contributed by atoms with van der Waals surface area (Å²) >= 11 is 0. The number of piperazine rings is 1. The maximum Gasteiger partial charge on any atom is 0.344 e. The topological polar surface area (TPSA) is 83.5 Å². The molecular weight excluding hydrogens is 346 g/mol. The summed E-state index contributed by atoms with van der Waals surface area (Å²) in [5, 5.41) is 6.60. The fraction of sp³-hybridized carbons (Fsp3) is 0.526. The lowest BCUT2D eigenvalue weighted by Gasteiger charge is -2.37. The minimum Gasteiger partial charge on any atom is -0.497 e. The van der Waals surface area contributed by atoms with Crippen LogP contribution in [0.4, 0.5) is 5.69 Å². The van der Waals surface area contributed by atoms with Crippen molar-refractivity contribution in [3.05, 3.63) is 40.6 Å². The molecule has 0 saturated carbocycles. The summed E-state index contributed by atoms with van der Waals surface area (Å²) in [7, 11) is 1.66. The van der Waals surface area contributed by atoms with E-state index in [-0.39, 0.29) is 11.6 Å². The second-order valence-corrected chi connectivity index (χ2v) is 7.09. The summed E-state index contributed by atoms with van der Waals surface area (Å²) in [4.78, 5) is 29.5. The number of aryl methyl sites for hydroxylation is 1. The molecule has 1 unspecified atom stereocenters. The Bertz CT molecular complexity index is 866. The maximum atomic E-state index is 13.1. The number of fused-ring (bicyclic) bond motifs is 1. The van der Waals surface area contributed by atoms with Gasteiger partial charge in [-0.05, 0) is 25.0 Å². The van der Waals surface area contributed by atoms with Crippen molar-refractivity contribution in [1.29, 1.82) is 0 Å². The van der Waals surface area contributed by atoms with E-state index in [1.54, 1.807) is 11.7 Å². The number of methoxy groups -OCH3 is 1. The van der Waals surface area contributed by atoms with Gasteiger partial charge in [0.05, 0.1) is 7.11 Å². The summed E-state index contributed by atoms with van der Waals surface area (Å²) in [5.74, 6) is 1.56. The van der Waals surface area contributed by atoms with Gasteiger partial charge in [-0.3, -0.25) is 9.36 Å². The van der Waals surface area contributed by atoms with Crippen LogP contribution in [-0.2, 0) is 11.2 Å². The molecule has 27 heavy (non-hydrogen) atoms. The van der Waals surface area contributed by atoms with Crippen LogP contribution < -0.4 is 15.3 Å². The Hall–Kier alpha value is -2.77. The molecule has 2 aliphatic heterocycles. The largest absolute Gasteiger partial charge is 0.497 e. The maximum absolute atomic E-state index is 13.1. The van der Waals surface area contributed by atoms with Crippen molar-refractivity contribution < 1.29 is 9.53 Å². The number of ether oxygens (including phenoxy) is 1. The normalized spacial score (nSPS) is 20.1. The lowest BCUT2D eigenvalue weighted by Crippen LogP contribution is -2.51. The van der Waals surface area contributed by atoms with Crippen LogP contribution in [-0.4, -0.2) is 58.9 Å². The molecule has 0 bridgehead atoms. The first kappa shape index (κ1) is 17.6. The molecule has 1 aromatic carbocycles. The zero-order valence-electron chi connectivity index (χ0n) is 15.6. The Morgan fingerprint density at radius 2 is 2.04 bits per heavy atom. The predicted molar refractivity (Wildman–Crippen MR) is 101 cm³/mol. The smallest absolute Gasteiger partial charge is 0.344 e. The Morgan fingerprint density at radius 1 is 1.22 bits per heavy atom. The van der Waals surface area contributed by atoms with E-state index in [0.717, 1.165) is 43.8 Å². The highest BCUT2D eigenvalue weighted by atomic mass is 16.5. The Labute approximate surface area is 157 Å². The average Bonchev–Trinajstić information content (AvgIpc) is 2.95. The van der Waals surface area contributed by atoms with Crippen LogP contribution in [0.5, 0.6) is 5.75 Å². The van der Waals surface area contributed by atoms with E-state index < -0.39 is 6.04 Å². The number of H-pyrrole nitrogens is 1. The molecule has 8 heteroatoms. The first-order chi connectivity index (χ1) is 13.2. The molecule has 0 aliphatic carbocycles. The number of rotatable bonds is 3. The van der Waals surface area contributed by atoms with Crippen LogP contribution in [0.1, 0.15) is 31.1 Å². The Morgan fingerprint density at radius 3 is 2.81 bits per heavy atom.